The first-order valence-corrected chi connectivity index (χ1v) is 9.77. The number of ether oxygens (including phenoxy) is 1. The fourth-order valence-electron chi connectivity index (χ4n) is 3.23. The average molecular weight is 374 g/mol. The van der Waals surface area contributed by atoms with Gasteiger partial charge in [-0.1, -0.05) is 68.5 Å². The predicted octanol–water partition coefficient (Wildman–Crippen LogP) is 5.54. The smallest absolute Gasteiger partial charge is 0.410 e. The SMILES string of the molecule is CC.O=C1OC(C2=CC=CC=CC2)CN1Cc1ccc(-c2ccncc2)cc1. The number of hydrogen-bond acceptors (Lipinski definition) is 3. The Kier molecular flexibility index (Phi) is 6.79. The molecule has 0 radical (unpaired) electrons. The molecule has 1 aliphatic carbocycles. The molecule has 1 aromatic heterocycles. The molecule has 4 heteroatoms. The number of amides is 1. The highest BCUT2D eigenvalue weighted by Gasteiger charge is 2.33. The molecule has 144 valence electrons. The number of carbonyl (C=O) groups excluding carboxylic acids is 1. The number of nitrogens with zero attached hydrogens (tertiary/aromatic N) is 2. The Labute approximate surface area is 166 Å². The first-order valence-electron chi connectivity index (χ1n) is 9.77. The number of allylic oxidation sites excluding steroid dienone is 5. The van der Waals surface area contributed by atoms with E-state index in [-0.39, 0.29) is 12.2 Å². The van der Waals surface area contributed by atoms with Crippen molar-refractivity contribution in [2.24, 2.45) is 0 Å². The maximum atomic E-state index is 12.2. The lowest BCUT2D eigenvalue weighted by atomic mass is 10.0. The minimum Gasteiger partial charge on any atom is -0.440 e. The lowest BCUT2D eigenvalue weighted by molar-refractivity contribution is 0.141. The van der Waals surface area contributed by atoms with Crippen LogP contribution in [0.25, 0.3) is 11.1 Å². The van der Waals surface area contributed by atoms with E-state index in [4.69, 9.17) is 4.74 Å². The van der Waals surface area contributed by atoms with Gasteiger partial charge in [0.1, 0.15) is 6.10 Å². The minimum atomic E-state index is -0.244. The highest BCUT2D eigenvalue weighted by molar-refractivity contribution is 5.71. The van der Waals surface area contributed by atoms with Crippen LogP contribution in [0.15, 0.2) is 84.7 Å². The molecule has 2 heterocycles. The van der Waals surface area contributed by atoms with Crippen molar-refractivity contribution < 1.29 is 9.53 Å². The monoisotopic (exact) mass is 374 g/mol. The molecular formula is C24H26N2O2. The van der Waals surface area contributed by atoms with Gasteiger partial charge in [-0.2, -0.15) is 0 Å². The van der Waals surface area contributed by atoms with Gasteiger partial charge >= 0.3 is 6.09 Å². The standard InChI is InChI=1S/C22H20N2O2.C2H6/c25-22-24(16-21(26-22)20-5-3-1-2-4-6-20)15-17-7-9-18(10-8-17)19-11-13-23-14-12-19;1-2/h1-5,7-14,21H,6,15-16H2;1-2H3. The molecule has 0 N–H and O–H groups in total. The van der Waals surface area contributed by atoms with E-state index in [2.05, 4.69) is 35.3 Å². The van der Waals surface area contributed by atoms with Crippen LogP contribution in [0, 0.1) is 0 Å². The second-order valence-corrected chi connectivity index (χ2v) is 6.44. The quantitative estimate of drug-likeness (QED) is 0.706. The maximum Gasteiger partial charge on any atom is 0.410 e. The van der Waals surface area contributed by atoms with E-state index in [1.54, 1.807) is 17.3 Å². The topological polar surface area (TPSA) is 42.4 Å². The Morgan fingerprint density at radius 1 is 1.00 bits per heavy atom. The van der Waals surface area contributed by atoms with Gasteiger partial charge in [-0.15, -0.1) is 0 Å². The fraction of sp³-hybridized carbons (Fsp3) is 0.250. The molecule has 2 aromatic rings. The van der Waals surface area contributed by atoms with Gasteiger partial charge in [0.05, 0.1) is 6.54 Å². The van der Waals surface area contributed by atoms with Gasteiger partial charge in [0.15, 0.2) is 0 Å². The molecule has 1 fully saturated rings. The van der Waals surface area contributed by atoms with Crippen LogP contribution in [-0.2, 0) is 11.3 Å². The fourth-order valence-corrected chi connectivity index (χ4v) is 3.23. The molecule has 1 aliphatic heterocycles. The average Bonchev–Trinajstić information content (AvgIpc) is 2.95. The summed E-state index contributed by atoms with van der Waals surface area (Å²) in [6.45, 7) is 5.16. The van der Waals surface area contributed by atoms with E-state index in [1.807, 2.05) is 50.3 Å². The molecule has 0 saturated carbocycles. The van der Waals surface area contributed by atoms with Gasteiger partial charge in [-0.25, -0.2) is 4.79 Å². The summed E-state index contributed by atoms with van der Waals surface area (Å²) in [5.41, 5.74) is 4.50. The second kappa shape index (κ2) is 9.70. The zero-order chi connectivity index (χ0) is 19.8. The third-order valence-electron chi connectivity index (χ3n) is 4.66. The lowest BCUT2D eigenvalue weighted by Gasteiger charge is -2.14. The summed E-state index contributed by atoms with van der Waals surface area (Å²) in [5.74, 6) is 0. The molecule has 1 amide bonds. The summed E-state index contributed by atoms with van der Waals surface area (Å²) < 4.78 is 5.58. The third-order valence-corrected chi connectivity index (χ3v) is 4.66. The summed E-state index contributed by atoms with van der Waals surface area (Å²) in [5, 5.41) is 0. The predicted molar refractivity (Wildman–Crippen MR) is 113 cm³/mol. The molecular weight excluding hydrogens is 348 g/mol. The number of cyclic esters (lactones) is 1. The van der Waals surface area contributed by atoms with Gasteiger partial charge < -0.3 is 4.74 Å². The molecule has 4 rings (SSSR count). The van der Waals surface area contributed by atoms with Crippen LogP contribution in [0.4, 0.5) is 4.79 Å². The molecule has 1 aromatic carbocycles. The van der Waals surface area contributed by atoms with Crippen LogP contribution in [0.1, 0.15) is 25.8 Å². The number of rotatable bonds is 4. The molecule has 0 spiro atoms. The highest BCUT2D eigenvalue weighted by atomic mass is 16.6. The maximum absolute atomic E-state index is 12.2. The van der Waals surface area contributed by atoms with Gasteiger partial charge in [0, 0.05) is 18.9 Å². The number of pyridine rings is 1. The van der Waals surface area contributed by atoms with Crippen molar-refractivity contribution in [3.63, 3.8) is 0 Å². The van der Waals surface area contributed by atoms with E-state index in [0.29, 0.717) is 13.1 Å². The van der Waals surface area contributed by atoms with Crippen LogP contribution in [0.5, 0.6) is 0 Å². The summed E-state index contributed by atoms with van der Waals surface area (Å²) in [6, 6.07) is 12.3. The van der Waals surface area contributed by atoms with E-state index >= 15 is 0 Å². The molecule has 1 saturated heterocycles. The molecule has 0 bridgehead atoms. The molecule has 2 aliphatic rings. The Balaban J connectivity index is 0.00000109. The van der Waals surface area contributed by atoms with Crippen molar-refractivity contribution in [1.82, 2.24) is 9.88 Å². The van der Waals surface area contributed by atoms with Crippen molar-refractivity contribution in [3.8, 4) is 11.1 Å². The van der Waals surface area contributed by atoms with Crippen LogP contribution in [-0.4, -0.2) is 28.6 Å². The summed E-state index contributed by atoms with van der Waals surface area (Å²) in [4.78, 5) is 18.1. The number of carbonyl (C=O) groups is 1. The number of benzene rings is 1. The summed E-state index contributed by atoms with van der Waals surface area (Å²) >= 11 is 0. The zero-order valence-electron chi connectivity index (χ0n) is 16.4. The van der Waals surface area contributed by atoms with E-state index in [9.17, 15) is 4.79 Å². The number of aromatic nitrogens is 1. The zero-order valence-corrected chi connectivity index (χ0v) is 16.4. The van der Waals surface area contributed by atoms with Gasteiger partial charge in [-0.3, -0.25) is 9.88 Å². The van der Waals surface area contributed by atoms with Crippen molar-refractivity contribution in [2.45, 2.75) is 32.9 Å². The van der Waals surface area contributed by atoms with Gasteiger partial charge in [0.2, 0.25) is 0 Å². The number of hydrogen-bond donors (Lipinski definition) is 0. The second-order valence-electron chi connectivity index (χ2n) is 6.44. The molecule has 4 nitrogen and oxygen atoms in total. The highest BCUT2D eigenvalue weighted by Crippen LogP contribution is 2.25. The minimum absolute atomic E-state index is 0.161. The largest absolute Gasteiger partial charge is 0.440 e. The van der Waals surface area contributed by atoms with Crippen LogP contribution in [0.2, 0.25) is 0 Å². The molecule has 28 heavy (non-hydrogen) atoms. The Morgan fingerprint density at radius 2 is 1.71 bits per heavy atom. The summed E-state index contributed by atoms with van der Waals surface area (Å²) in [6.07, 6.45) is 14.1. The summed E-state index contributed by atoms with van der Waals surface area (Å²) in [7, 11) is 0. The Morgan fingerprint density at radius 3 is 2.46 bits per heavy atom. The van der Waals surface area contributed by atoms with E-state index < -0.39 is 0 Å². The van der Waals surface area contributed by atoms with Gasteiger partial charge in [-0.05, 0) is 40.8 Å². The normalized spacial score (nSPS) is 18.1. The van der Waals surface area contributed by atoms with Crippen LogP contribution < -0.4 is 0 Å². The van der Waals surface area contributed by atoms with Crippen molar-refractivity contribution in [1.29, 1.82) is 0 Å². The van der Waals surface area contributed by atoms with Crippen LogP contribution in [0.3, 0.4) is 0 Å². The van der Waals surface area contributed by atoms with Crippen molar-refractivity contribution in [2.75, 3.05) is 6.54 Å². The Hall–Kier alpha value is -3.14. The van der Waals surface area contributed by atoms with Crippen LogP contribution >= 0.6 is 0 Å². The third kappa shape index (κ3) is 4.77. The first kappa shape index (κ1) is 19.6. The van der Waals surface area contributed by atoms with Gasteiger partial charge in [0.25, 0.3) is 0 Å². The Bertz CT molecular complexity index is 867. The molecule has 1 unspecified atom stereocenters. The van der Waals surface area contributed by atoms with E-state index in [1.165, 1.54) is 0 Å². The first-order chi connectivity index (χ1) is 13.8. The van der Waals surface area contributed by atoms with Crippen molar-refractivity contribution in [3.05, 3.63) is 90.3 Å². The molecule has 1 atom stereocenters. The van der Waals surface area contributed by atoms with Crippen molar-refractivity contribution >= 4 is 6.09 Å². The van der Waals surface area contributed by atoms with E-state index in [0.717, 1.165) is 28.7 Å². The lowest BCUT2D eigenvalue weighted by Crippen LogP contribution is -2.25.